The Bertz CT molecular complexity index is 649. The van der Waals surface area contributed by atoms with Gasteiger partial charge in [-0.3, -0.25) is 0 Å². The third kappa shape index (κ3) is 2.37. The number of rotatable bonds is 1. The van der Waals surface area contributed by atoms with Gasteiger partial charge in [0, 0.05) is 5.92 Å². The van der Waals surface area contributed by atoms with Gasteiger partial charge < -0.3 is 10.2 Å². The molecule has 0 aromatic rings. The van der Waals surface area contributed by atoms with Gasteiger partial charge in [0.2, 0.25) is 0 Å². The molecule has 0 amide bonds. The van der Waals surface area contributed by atoms with E-state index < -0.39 is 0 Å². The van der Waals surface area contributed by atoms with E-state index in [0.717, 1.165) is 12.8 Å². The molecule has 144 valence electrons. The second kappa shape index (κ2) is 5.95. The molecule has 0 aromatic heterocycles. The highest BCUT2D eigenvalue weighted by molar-refractivity contribution is 5.31. The van der Waals surface area contributed by atoms with Crippen LogP contribution in [0.5, 0.6) is 0 Å². The Morgan fingerprint density at radius 1 is 1.04 bits per heavy atom. The van der Waals surface area contributed by atoms with E-state index in [0.29, 0.717) is 29.1 Å². The largest absolute Gasteiger partial charge is 0.392 e. The van der Waals surface area contributed by atoms with Crippen LogP contribution in [0.1, 0.15) is 78.1 Å². The number of aliphatic hydroxyl groups is 2. The van der Waals surface area contributed by atoms with Gasteiger partial charge in [0.15, 0.2) is 0 Å². The van der Waals surface area contributed by atoms with Crippen molar-refractivity contribution in [1.29, 1.82) is 0 Å². The van der Waals surface area contributed by atoms with E-state index in [9.17, 15) is 10.2 Å². The second-order valence-corrected chi connectivity index (χ2v) is 10.7. The van der Waals surface area contributed by atoms with Crippen molar-refractivity contribution in [2.75, 3.05) is 0 Å². The van der Waals surface area contributed by atoms with Crippen LogP contribution in [0.15, 0.2) is 23.3 Å². The normalized spacial score (nSPS) is 53.4. The lowest BCUT2D eigenvalue weighted by atomic mass is 9.46. The SMILES string of the molecule is C[C@@]12CCC[C@H]1[C@@H]1C(O)C=C3CC(O)C(C4=CCCC4)C[C@]3(C)[C@@H]1CC2. The zero-order valence-electron chi connectivity index (χ0n) is 16.6. The van der Waals surface area contributed by atoms with Crippen molar-refractivity contribution in [3.05, 3.63) is 23.3 Å². The van der Waals surface area contributed by atoms with E-state index in [2.05, 4.69) is 26.0 Å². The number of fused-ring (bicyclic) bond motifs is 5. The smallest absolute Gasteiger partial charge is 0.0757 e. The molecular formula is C24H36O2. The van der Waals surface area contributed by atoms with E-state index >= 15 is 0 Å². The topological polar surface area (TPSA) is 40.5 Å². The predicted octanol–water partition coefficient (Wildman–Crippen LogP) is 5.01. The first kappa shape index (κ1) is 17.5. The molecule has 2 N–H and O–H groups in total. The Morgan fingerprint density at radius 2 is 1.88 bits per heavy atom. The molecule has 3 fully saturated rings. The molecule has 0 bridgehead atoms. The zero-order chi connectivity index (χ0) is 18.1. The highest BCUT2D eigenvalue weighted by Gasteiger charge is 2.59. The van der Waals surface area contributed by atoms with Gasteiger partial charge in [0.05, 0.1) is 12.2 Å². The summed E-state index contributed by atoms with van der Waals surface area (Å²) in [6, 6.07) is 0. The summed E-state index contributed by atoms with van der Waals surface area (Å²) in [5, 5.41) is 22.0. The standard InChI is InChI=1S/C24H36O2/c1-23-10-5-8-18(23)22-19(9-11-23)24(2)14-17(15-6-3-4-7-15)20(25)12-16(24)13-21(22)26/h6,13,17-22,25-26H,3-5,7-12,14H2,1-2H3/t17?,18-,19+,20?,21?,22-,23-,24-/m0/s1. The molecule has 0 heterocycles. The predicted molar refractivity (Wildman–Crippen MR) is 105 cm³/mol. The monoisotopic (exact) mass is 356 g/mol. The Labute approximate surface area is 158 Å². The van der Waals surface area contributed by atoms with Crippen LogP contribution in [0.25, 0.3) is 0 Å². The van der Waals surface area contributed by atoms with Gasteiger partial charge >= 0.3 is 0 Å². The Hall–Kier alpha value is -0.600. The summed E-state index contributed by atoms with van der Waals surface area (Å²) in [5.41, 5.74) is 3.55. The van der Waals surface area contributed by atoms with Crippen LogP contribution in [0.2, 0.25) is 0 Å². The lowest BCUT2D eigenvalue weighted by Crippen LogP contribution is -2.55. The third-order valence-corrected chi connectivity index (χ3v) is 9.52. The molecule has 3 unspecified atom stereocenters. The molecular weight excluding hydrogens is 320 g/mol. The molecule has 2 heteroatoms. The molecule has 0 radical (unpaired) electrons. The first-order valence-corrected chi connectivity index (χ1v) is 11.2. The first-order chi connectivity index (χ1) is 12.4. The molecule has 0 spiro atoms. The van der Waals surface area contributed by atoms with Crippen LogP contribution in [-0.2, 0) is 0 Å². The summed E-state index contributed by atoms with van der Waals surface area (Å²) >= 11 is 0. The van der Waals surface area contributed by atoms with E-state index in [4.69, 9.17) is 0 Å². The minimum Gasteiger partial charge on any atom is -0.392 e. The molecule has 5 rings (SSSR count). The van der Waals surface area contributed by atoms with Gasteiger partial charge in [-0.2, -0.15) is 0 Å². The third-order valence-electron chi connectivity index (χ3n) is 9.52. The van der Waals surface area contributed by atoms with Crippen molar-refractivity contribution < 1.29 is 10.2 Å². The maximum atomic E-state index is 11.1. The Morgan fingerprint density at radius 3 is 2.65 bits per heavy atom. The van der Waals surface area contributed by atoms with Crippen LogP contribution < -0.4 is 0 Å². The van der Waals surface area contributed by atoms with Crippen molar-refractivity contribution in [1.82, 2.24) is 0 Å². The fourth-order valence-corrected chi connectivity index (χ4v) is 8.11. The van der Waals surface area contributed by atoms with Gasteiger partial charge in [-0.05, 0) is 86.4 Å². The minimum atomic E-state index is -0.291. The van der Waals surface area contributed by atoms with Crippen LogP contribution in [0.3, 0.4) is 0 Å². The summed E-state index contributed by atoms with van der Waals surface area (Å²) in [4.78, 5) is 0. The number of hydrogen-bond donors (Lipinski definition) is 2. The van der Waals surface area contributed by atoms with Gasteiger partial charge in [0.25, 0.3) is 0 Å². The van der Waals surface area contributed by atoms with E-state index in [1.54, 1.807) is 0 Å². The molecule has 2 nitrogen and oxygen atoms in total. The van der Waals surface area contributed by atoms with Gasteiger partial charge in [-0.15, -0.1) is 0 Å². The fraction of sp³-hybridized carbons (Fsp3) is 0.833. The number of hydrogen-bond acceptors (Lipinski definition) is 2. The highest BCUT2D eigenvalue weighted by Crippen LogP contribution is 2.65. The van der Waals surface area contributed by atoms with Crippen LogP contribution in [0.4, 0.5) is 0 Å². The van der Waals surface area contributed by atoms with Crippen molar-refractivity contribution in [3.8, 4) is 0 Å². The maximum absolute atomic E-state index is 11.1. The Kier molecular flexibility index (Phi) is 4.00. The zero-order valence-corrected chi connectivity index (χ0v) is 16.6. The van der Waals surface area contributed by atoms with Crippen molar-refractivity contribution in [2.45, 2.75) is 90.3 Å². The first-order valence-electron chi connectivity index (χ1n) is 11.2. The summed E-state index contributed by atoms with van der Waals surface area (Å²) in [7, 11) is 0. The average Bonchev–Trinajstić information content (AvgIpc) is 3.25. The number of aliphatic hydroxyl groups excluding tert-OH is 2. The quantitative estimate of drug-likeness (QED) is 0.649. The average molecular weight is 357 g/mol. The van der Waals surface area contributed by atoms with Crippen molar-refractivity contribution >= 4 is 0 Å². The van der Waals surface area contributed by atoms with Crippen LogP contribution >= 0.6 is 0 Å². The molecule has 0 aromatic carbocycles. The Balaban J connectivity index is 1.51. The van der Waals surface area contributed by atoms with Gasteiger partial charge in [-0.25, -0.2) is 0 Å². The summed E-state index contributed by atoms with van der Waals surface area (Å²) in [5.74, 6) is 2.10. The van der Waals surface area contributed by atoms with Gasteiger partial charge in [-0.1, -0.05) is 43.6 Å². The van der Waals surface area contributed by atoms with Gasteiger partial charge in [0.1, 0.15) is 0 Å². The molecule has 26 heavy (non-hydrogen) atoms. The van der Waals surface area contributed by atoms with Crippen molar-refractivity contribution in [3.63, 3.8) is 0 Å². The molecule has 5 aliphatic carbocycles. The molecule has 5 aliphatic rings. The number of allylic oxidation sites excluding steroid dienone is 1. The van der Waals surface area contributed by atoms with Crippen LogP contribution in [-0.4, -0.2) is 22.4 Å². The highest BCUT2D eigenvalue weighted by atomic mass is 16.3. The molecule has 3 saturated carbocycles. The molecule has 8 atom stereocenters. The second-order valence-electron chi connectivity index (χ2n) is 10.7. The summed E-state index contributed by atoms with van der Waals surface area (Å²) in [6.45, 7) is 4.97. The van der Waals surface area contributed by atoms with E-state index in [1.165, 1.54) is 62.5 Å². The lowest BCUT2D eigenvalue weighted by molar-refractivity contribution is -0.0892. The fourth-order valence-electron chi connectivity index (χ4n) is 8.11. The lowest BCUT2D eigenvalue weighted by Gasteiger charge is -2.59. The summed E-state index contributed by atoms with van der Waals surface area (Å²) in [6.07, 6.45) is 16.2. The van der Waals surface area contributed by atoms with E-state index in [-0.39, 0.29) is 17.6 Å². The minimum absolute atomic E-state index is 0.182. The summed E-state index contributed by atoms with van der Waals surface area (Å²) < 4.78 is 0. The van der Waals surface area contributed by atoms with Crippen molar-refractivity contribution in [2.24, 2.45) is 34.5 Å². The molecule has 0 saturated heterocycles. The van der Waals surface area contributed by atoms with Crippen LogP contribution in [0, 0.1) is 34.5 Å². The van der Waals surface area contributed by atoms with E-state index in [1.807, 2.05) is 0 Å². The maximum Gasteiger partial charge on any atom is 0.0757 e. The molecule has 0 aliphatic heterocycles.